The van der Waals surface area contributed by atoms with Crippen LogP contribution >= 0.6 is 11.3 Å². The van der Waals surface area contributed by atoms with Gasteiger partial charge < -0.3 is 15.4 Å². The zero-order chi connectivity index (χ0) is 19.6. The number of ether oxygens (including phenoxy) is 1. The summed E-state index contributed by atoms with van der Waals surface area (Å²) in [4.78, 5) is 36.2. The number of nitrogens with one attached hydrogen (secondary N) is 2. The minimum absolute atomic E-state index is 0.143. The highest BCUT2D eigenvalue weighted by atomic mass is 32.1. The van der Waals surface area contributed by atoms with E-state index >= 15 is 0 Å². The van der Waals surface area contributed by atoms with Crippen molar-refractivity contribution in [1.29, 1.82) is 0 Å². The fraction of sp³-hybridized carbons (Fsp3) is 0.350. The number of thiophene rings is 1. The van der Waals surface area contributed by atoms with Crippen LogP contribution in [0.2, 0.25) is 0 Å². The van der Waals surface area contributed by atoms with Crippen molar-refractivity contribution in [2.45, 2.75) is 26.3 Å². The Balaban J connectivity index is 1.77. The second kappa shape index (κ2) is 10.5. The second-order valence-electron chi connectivity index (χ2n) is 6.48. The van der Waals surface area contributed by atoms with Crippen LogP contribution in [0.5, 0.6) is 0 Å². The smallest absolute Gasteiger partial charge is 0.325 e. The Morgan fingerprint density at radius 1 is 1.07 bits per heavy atom. The summed E-state index contributed by atoms with van der Waals surface area (Å²) < 4.78 is 4.95. The van der Waals surface area contributed by atoms with Gasteiger partial charge >= 0.3 is 5.97 Å². The van der Waals surface area contributed by atoms with E-state index in [9.17, 15) is 14.4 Å². The molecule has 2 rings (SSSR count). The minimum Gasteiger partial charge on any atom is -0.454 e. The SMILES string of the molecule is CC(C)C[C@H](NC(=O)COC(=O)CNC(=O)c1cccs1)c1ccccc1. The highest BCUT2D eigenvalue weighted by molar-refractivity contribution is 7.12. The normalized spacial score (nSPS) is 11.7. The highest BCUT2D eigenvalue weighted by Crippen LogP contribution is 2.20. The molecule has 0 saturated carbocycles. The van der Waals surface area contributed by atoms with Gasteiger partial charge in [0.1, 0.15) is 6.54 Å². The maximum absolute atomic E-state index is 12.2. The molecule has 0 saturated heterocycles. The molecule has 27 heavy (non-hydrogen) atoms. The first-order valence-corrected chi connectivity index (χ1v) is 9.65. The number of amides is 2. The van der Waals surface area contributed by atoms with E-state index in [-0.39, 0.29) is 31.0 Å². The minimum atomic E-state index is -0.657. The van der Waals surface area contributed by atoms with E-state index in [1.54, 1.807) is 17.5 Å². The molecule has 7 heteroatoms. The van der Waals surface area contributed by atoms with Gasteiger partial charge in [-0.1, -0.05) is 50.2 Å². The van der Waals surface area contributed by atoms with Crippen LogP contribution in [-0.4, -0.2) is 30.9 Å². The molecular formula is C20H24N2O4S. The number of esters is 1. The Morgan fingerprint density at radius 3 is 2.44 bits per heavy atom. The lowest BCUT2D eigenvalue weighted by atomic mass is 9.97. The van der Waals surface area contributed by atoms with Crippen LogP contribution in [0.4, 0.5) is 0 Å². The highest BCUT2D eigenvalue weighted by Gasteiger charge is 2.17. The number of carbonyl (C=O) groups excluding carboxylic acids is 3. The van der Waals surface area contributed by atoms with Crippen molar-refractivity contribution in [3.63, 3.8) is 0 Å². The molecule has 0 aliphatic rings. The van der Waals surface area contributed by atoms with Gasteiger partial charge in [-0.15, -0.1) is 11.3 Å². The van der Waals surface area contributed by atoms with Crippen LogP contribution in [0.25, 0.3) is 0 Å². The number of hydrogen-bond donors (Lipinski definition) is 2. The van der Waals surface area contributed by atoms with Gasteiger partial charge in [0.15, 0.2) is 6.61 Å². The lowest BCUT2D eigenvalue weighted by Crippen LogP contribution is -2.35. The van der Waals surface area contributed by atoms with Gasteiger partial charge in [-0.05, 0) is 29.3 Å². The van der Waals surface area contributed by atoms with E-state index in [2.05, 4.69) is 24.5 Å². The van der Waals surface area contributed by atoms with Crippen molar-refractivity contribution in [3.8, 4) is 0 Å². The van der Waals surface area contributed by atoms with Crippen LogP contribution < -0.4 is 10.6 Å². The number of rotatable bonds is 9. The summed E-state index contributed by atoms with van der Waals surface area (Å²) in [6.45, 7) is 3.50. The van der Waals surface area contributed by atoms with E-state index in [0.717, 1.165) is 12.0 Å². The van der Waals surface area contributed by atoms with Crippen LogP contribution in [0, 0.1) is 5.92 Å². The molecule has 0 bridgehead atoms. The predicted octanol–water partition coefficient (Wildman–Crippen LogP) is 2.92. The van der Waals surface area contributed by atoms with E-state index in [1.165, 1.54) is 11.3 Å². The third-order valence-electron chi connectivity index (χ3n) is 3.75. The van der Waals surface area contributed by atoms with E-state index < -0.39 is 5.97 Å². The van der Waals surface area contributed by atoms with Gasteiger partial charge in [0.05, 0.1) is 10.9 Å². The molecule has 2 aromatic rings. The standard InChI is InChI=1S/C20H24N2O4S/c1-14(2)11-16(15-7-4-3-5-8-15)22-18(23)13-26-19(24)12-21-20(25)17-9-6-10-27-17/h3-10,14,16H,11-13H2,1-2H3,(H,21,25)(H,22,23)/t16-/m0/s1. The molecule has 0 radical (unpaired) electrons. The van der Waals surface area contributed by atoms with Crippen LogP contribution in [0.3, 0.4) is 0 Å². The number of benzene rings is 1. The maximum atomic E-state index is 12.2. The van der Waals surface area contributed by atoms with Gasteiger partial charge in [0, 0.05) is 0 Å². The van der Waals surface area contributed by atoms with Gasteiger partial charge in [-0.3, -0.25) is 14.4 Å². The first-order chi connectivity index (χ1) is 13.0. The Morgan fingerprint density at radius 2 is 1.81 bits per heavy atom. The van der Waals surface area contributed by atoms with Crippen molar-refractivity contribution in [2.24, 2.45) is 5.92 Å². The second-order valence-corrected chi connectivity index (χ2v) is 7.43. The summed E-state index contributed by atoms with van der Waals surface area (Å²) in [5.41, 5.74) is 1.01. The van der Waals surface area contributed by atoms with Crippen molar-refractivity contribution in [3.05, 3.63) is 58.3 Å². The first-order valence-electron chi connectivity index (χ1n) is 8.77. The summed E-state index contributed by atoms with van der Waals surface area (Å²) in [7, 11) is 0. The Labute approximate surface area is 162 Å². The summed E-state index contributed by atoms with van der Waals surface area (Å²) in [5.74, 6) is -0.976. The quantitative estimate of drug-likeness (QED) is 0.647. The fourth-order valence-corrected chi connectivity index (χ4v) is 3.16. The summed E-state index contributed by atoms with van der Waals surface area (Å²) in [6, 6.07) is 13.0. The maximum Gasteiger partial charge on any atom is 0.325 e. The van der Waals surface area contributed by atoms with Crippen molar-refractivity contribution in [1.82, 2.24) is 10.6 Å². The van der Waals surface area contributed by atoms with Crippen LogP contribution in [0.1, 0.15) is 41.5 Å². The molecule has 2 N–H and O–H groups in total. The number of hydrogen-bond acceptors (Lipinski definition) is 5. The third kappa shape index (κ3) is 7.22. The topological polar surface area (TPSA) is 84.5 Å². The lowest BCUT2D eigenvalue weighted by Gasteiger charge is -2.21. The molecule has 6 nitrogen and oxygen atoms in total. The van der Waals surface area contributed by atoms with Crippen molar-refractivity contribution < 1.29 is 19.1 Å². The average Bonchev–Trinajstić information content (AvgIpc) is 3.19. The molecule has 0 fully saturated rings. The molecule has 2 amide bonds. The molecule has 1 atom stereocenters. The molecule has 1 heterocycles. The first kappa shape index (κ1) is 20.6. The molecule has 0 spiro atoms. The molecule has 0 unspecified atom stereocenters. The Hall–Kier alpha value is -2.67. The van der Waals surface area contributed by atoms with Crippen molar-refractivity contribution >= 4 is 29.1 Å². The average molecular weight is 388 g/mol. The molecule has 0 aliphatic carbocycles. The van der Waals surface area contributed by atoms with Gasteiger partial charge in [-0.25, -0.2) is 0 Å². The molecule has 144 valence electrons. The largest absolute Gasteiger partial charge is 0.454 e. The predicted molar refractivity (Wildman–Crippen MR) is 104 cm³/mol. The van der Waals surface area contributed by atoms with E-state index in [1.807, 2.05) is 30.3 Å². The zero-order valence-corrected chi connectivity index (χ0v) is 16.3. The Bertz CT molecular complexity index is 745. The third-order valence-corrected chi connectivity index (χ3v) is 4.62. The molecule has 1 aromatic carbocycles. The van der Waals surface area contributed by atoms with Gasteiger partial charge in [-0.2, -0.15) is 0 Å². The monoisotopic (exact) mass is 388 g/mol. The molecular weight excluding hydrogens is 364 g/mol. The number of carbonyl (C=O) groups is 3. The fourth-order valence-electron chi connectivity index (χ4n) is 2.52. The van der Waals surface area contributed by atoms with Gasteiger partial charge in [0.2, 0.25) is 0 Å². The van der Waals surface area contributed by atoms with Gasteiger partial charge in [0.25, 0.3) is 11.8 Å². The van der Waals surface area contributed by atoms with Crippen molar-refractivity contribution in [2.75, 3.05) is 13.2 Å². The summed E-state index contributed by atoms with van der Waals surface area (Å²) >= 11 is 1.28. The zero-order valence-electron chi connectivity index (χ0n) is 15.4. The molecule has 0 aliphatic heterocycles. The van der Waals surface area contributed by atoms with E-state index in [0.29, 0.717) is 10.8 Å². The Kier molecular flexibility index (Phi) is 8.00. The lowest BCUT2D eigenvalue weighted by molar-refractivity contribution is -0.147. The summed E-state index contributed by atoms with van der Waals surface area (Å²) in [5, 5.41) is 7.15. The van der Waals surface area contributed by atoms with Crippen LogP contribution in [-0.2, 0) is 14.3 Å². The van der Waals surface area contributed by atoms with Crippen LogP contribution in [0.15, 0.2) is 47.8 Å². The molecule has 1 aromatic heterocycles. The van der Waals surface area contributed by atoms with E-state index in [4.69, 9.17) is 4.74 Å². The summed E-state index contributed by atoms with van der Waals surface area (Å²) in [6.07, 6.45) is 0.778.